The van der Waals surface area contributed by atoms with Gasteiger partial charge in [-0.25, -0.2) is 0 Å². The van der Waals surface area contributed by atoms with Crippen molar-refractivity contribution in [2.45, 2.75) is 6.04 Å². The van der Waals surface area contributed by atoms with Crippen molar-refractivity contribution in [3.05, 3.63) is 0 Å². The van der Waals surface area contributed by atoms with Crippen molar-refractivity contribution in [3.8, 4) is 6.07 Å². The molecule has 2 aliphatic heterocycles. The smallest absolute Gasteiger partial charge is 0.236 e. The number of morpholine rings is 1. The van der Waals surface area contributed by atoms with Crippen LogP contribution in [0, 0.1) is 11.3 Å². The second-order valence-corrected chi connectivity index (χ2v) is 4.31. The molecule has 1 unspecified atom stereocenters. The molecule has 0 aromatic rings. The van der Waals surface area contributed by atoms with Crippen LogP contribution in [0.4, 0.5) is 0 Å². The largest absolute Gasteiger partial charge is 0.378 e. The van der Waals surface area contributed by atoms with Crippen LogP contribution < -0.4 is 5.32 Å². The van der Waals surface area contributed by atoms with Gasteiger partial charge >= 0.3 is 0 Å². The van der Waals surface area contributed by atoms with Crippen molar-refractivity contribution in [1.82, 2.24) is 15.1 Å². The number of rotatable bonds is 2. The van der Waals surface area contributed by atoms with E-state index >= 15 is 0 Å². The summed E-state index contributed by atoms with van der Waals surface area (Å²) < 4.78 is 5.21. The fraction of sp³-hybridized carbons (Fsp3) is 0.818. The minimum absolute atomic E-state index is 0.107. The van der Waals surface area contributed by atoms with Crippen LogP contribution in [0.15, 0.2) is 0 Å². The highest BCUT2D eigenvalue weighted by atomic mass is 16.5. The van der Waals surface area contributed by atoms with Gasteiger partial charge in [0.05, 0.1) is 25.8 Å². The fourth-order valence-electron chi connectivity index (χ4n) is 2.15. The van der Waals surface area contributed by atoms with Crippen molar-refractivity contribution in [2.75, 3.05) is 52.5 Å². The Morgan fingerprint density at radius 1 is 1.41 bits per heavy atom. The molecular weight excluding hydrogens is 220 g/mol. The number of ether oxygens (including phenoxy) is 1. The molecule has 2 aliphatic rings. The van der Waals surface area contributed by atoms with E-state index in [4.69, 9.17) is 10.00 Å². The molecule has 1 amide bonds. The maximum absolute atomic E-state index is 12.0. The lowest BCUT2D eigenvalue weighted by Crippen LogP contribution is -2.54. The van der Waals surface area contributed by atoms with Gasteiger partial charge in [-0.2, -0.15) is 5.26 Å². The SMILES string of the molecule is N#CC1CNCCN1CC(=O)N1CCOCC1. The van der Waals surface area contributed by atoms with Crippen molar-refractivity contribution in [2.24, 2.45) is 0 Å². The molecule has 2 rings (SSSR count). The minimum atomic E-state index is -0.186. The van der Waals surface area contributed by atoms with Crippen LogP contribution in [-0.4, -0.2) is 74.2 Å². The standard InChI is InChI=1S/C11H18N4O2/c12-7-10-8-13-1-2-15(10)9-11(16)14-3-5-17-6-4-14/h10,13H,1-6,8-9H2. The lowest BCUT2D eigenvalue weighted by atomic mass is 10.2. The lowest BCUT2D eigenvalue weighted by molar-refractivity contribution is -0.137. The molecule has 1 atom stereocenters. The number of carbonyl (C=O) groups is 1. The zero-order valence-electron chi connectivity index (χ0n) is 9.89. The van der Waals surface area contributed by atoms with Crippen molar-refractivity contribution in [3.63, 3.8) is 0 Å². The van der Waals surface area contributed by atoms with Crippen LogP contribution in [0.5, 0.6) is 0 Å². The molecule has 0 aromatic carbocycles. The highest BCUT2D eigenvalue weighted by Gasteiger charge is 2.26. The van der Waals surface area contributed by atoms with E-state index in [1.807, 2.05) is 9.80 Å². The Labute approximate surface area is 101 Å². The molecule has 94 valence electrons. The molecule has 6 nitrogen and oxygen atoms in total. The first-order chi connectivity index (χ1) is 8.31. The predicted molar refractivity (Wildman–Crippen MR) is 61.2 cm³/mol. The summed E-state index contributed by atoms with van der Waals surface area (Å²) in [5.41, 5.74) is 0. The van der Waals surface area contributed by atoms with Crippen LogP contribution in [0.3, 0.4) is 0 Å². The Bertz CT molecular complexity index is 309. The molecule has 6 heteroatoms. The first kappa shape index (κ1) is 12.3. The first-order valence-corrected chi connectivity index (χ1v) is 6.01. The molecule has 2 fully saturated rings. The minimum Gasteiger partial charge on any atom is -0.378 e. The molecule has 0 spiro atoms. The summed E-state index contributed by atoms with van der Waals surface area (Å²) in [5.74, 6) is 0.107. The highest BCUT2D eigenvalue weighted by molar-refractivity contribution is 5.78. The quantitative estimate of drug-likeness (QED) is 0.643. The first-order valence-electron chi connectivity index (χ1n) is 6.01. The van der Waals surface area contributed by atoms with Crippen LogP contribution in [-0.2, 0) is 9.53 Å². The number of amides is 1. The normalized spacial score (nSPS) is 26.5. The number of nitriles is 1. The maximum atomic E-state index is 12.0. The molecule has 0 radical (unpaired) electrons. The summed E-state index contributed by atoms with van der Waals surface area (Å²) in [6.07, 6.45) is 0. The van der Waals surface area contributed by atoms with E-state index < -0.39 is 0 Å². The van der Waals surface area contributed by atoms with Crippen LogP contribution in [0.2, 0.25) is 0 Å². The number of nitrogens with one attached hydrogen (secondary N) is 1. The summed E-state index contributed by atoms with van der Waals surface area (Å²) in [4.78, 5) is 15.8. The number of piperazine rings is 1. The average Bonchev–Trinajstić information content (AvgIpc) is 2.40. The number of hydrogen-bond donors (Lipinski definition) is 1. The topological polar surface area (TPSA) is 68.6 Å². The van der Waals surface area contributed by atoms with Crippen molar-refractivity contribution >= 4 is 5.91 Å². The molecule has 17 heavy (non-hydrogen) atoms. The summed E-state index contributed by atoms with van der Waals surface area (Å²) in [6.45, 7) is 5.17. The zero-order chi connectivity index (χ0) is 12.1. The van der Waals surface area contributed by atoms with E-state index in [9.17, 15) is 4.79 Å². The summed E-state index contributed by atoms with van der Waals surface area (Å²) in [7, 11) is 0. The van der Waals surface area contributed by atoms with Gasteiger partial charge in [0.1, 0.15) is 6.04 Å². The van der Waals surface area contributed by atoms with Gasteiger partial charge in [-0.05, 0) is 0 Å². The second kappa shape index (κ2) is 5.96. The van der Waals surface area contributed by atoms with Gasteiger partial charge in [0.25, 0.3) is 0 Å². The monoisotopic (exact) mass is 238 g/mol. The third kappa shape index (κ3) is 3.16. The molecule has 0 saturated carbocycles. The molecule has 0 aromatic heterocycles. The van der Waals surface area contributed by atoms with Crippen LogP contribution in [0.25, 0.3) is 0 Å². The zero-order valence-corrected chi connectivity index (χ0v) is 9.89. The molecular formula is C11H18N4O2. The lowest BCUT2D eigenvalue weighted by Gasteiger charge is -2.34. The molecule has 1 N–H and O–H groups in total. The van der Waals surface area contributed by atoms with Crippen LogP contribution >= 0.6 is 0 Å². The van der Waals surface area contributed by atoms with Crippen molar-refractivity contribution in [1.29, 1.82) is 5.26 Å². The average molecular weight is 238 g/mol. The Morgan fingerprint density at radius 2 is 2.18 bits per heavy atom. The molecule has 0 aliphatic carbocycles. The third-order valence-electron chi connectivity index (χ3n) is 3.21. The summed E-state index contributed by atoms with van der Waals surface area (Å²) in [5, 5.41) is 12.2. The molecule has 0 bridgehead atoms. The fourth-order valence-corrected chi connectivity index (χ4v) is 2.15. The Morgan fingerprint density at radius 3 is 2.88 bits per heavy atom. The van der Waals surface area contributed by atoms with Gasteiger partial charge in [0.2, 0.25) is 5.91 Å². The second-order valence-electron chi connectivity index (χ2n) is 4.31. The van der Waals surface area contributed by atoms with Gasteiger partial charge < -0.3 is 15.0 Å². The summed E-state index contributed by atoms with van der Waals surface area (Å²) in [6, 6.07) is 2.04. The van der Waals surface area contributed by atoms with Gasteiger partial charge in [-0.1, -0.05) is 0 Å². The number of nitrogens with zero attached hydrogens (tertiary/aromatic N) is 3. The van der Waals surface area contributed by atoms with Gasteiger partial charge in [-0.3, -0.25) is 9.69 Å². The number of hydrogen-bond acceptors (Lipinski definition) is 5. The van der Waals surface area contributed by atoms with E-state index in [0.29, 0.717) is 39.4 Å². The van der Waals surface area contributed by atoms with Gasteiger partial charge in [0.15, 0.2) is 0 Å². The van der Waals surface area contributed by atoms with E-state index in [-0.39, 0.29) is 11.9 Å². The van der Waals surface area contributed by atoms with E-state index in [0.717, 1.165) is 13.1 Å². The van der Waals surface area contributed by atoms with Crippen molar-refractivity contribution < 1.29 is 9.53 Å². The van der Waals surface area contributed by atoms with E-state index in [1.54, 1.807) is 0 Å². The Hall–Kier alpha value is -1.16. The molecule has 2 heterocycles. The Balaban J connectivity index is 1.86. The van der Waals surface area contributed by atoms with E-state index in [2.05, 4.69) is 11.4 Å². The van der Waals surface area contributed by atoms with Gasteiger partial charge in [-0.15, -0.1) is 0 Å². The summed E-state index contributed by atoms with van der Waals surface area (Å²) >= 11 is 0. The highest BCUT2D eigenvalue weighted by Crippen LogP contribution is 2.05. The van der Waals surface area contributed by atoms with Gasteiger partial charge in [0, 0.05) is 32.7 Å². The Kier molecular flexibility index (Phi) is 4.31. The van der Waals surface area contributed by atoms with E-state index in [1.165, 1.54) is 0 Å². The number of carbonyl (C=O) groups excluding carboxylic acids is 1. The third-order valence-corrected chi connectivity index (χ3v) is 3.21. The molecule has 2 saturated heterocycles. The maximum Gasteiger partial charge on any atom is 0.236 e. The van der Waals surface area contributed by atoms with Crippen LogP contribution in [0.1, 0.15) is 0 Å². The predicted octanol–water partition coefficient (Wildman–Crippen LogP) is -1.36.